The van der Waals surface area contributed by atoms with Gasteiger partial charge in [0, 0.05) is 25.7 Å². The second kappa shape index (κ2) is 22.9. The average molecular weight is 453 g/mol. The Labute approximate surface area is 198 Å². The van der Waals surface area contributed by atoms with Gasteiger partial charge in [0.1, 0.15) is 11.5 Å². The molecule has 0 saturated carbocycles. The minimum atomic E-state index is -0.184. The van der Waals surface area contributed by atoms with Gasteiger partial charge in [0.05, 0.1) is 0 Å². The lowest BCUT2D eigenvalue weighted by Gasteiger charge is -2.16. The fraction of sp³-hybridized carbons (Fsp3) is 0.857. The van der Waals surface area contributed by atoms with Gasteiger partial charge in [-0.25, -0.2) is 0 Å². The Morgan fingerprint density at radius 2 is 0.688 bits per heavy atom. The van der Waals surface area contributed by atoms with Crippen molar-refractivity contribution in [1.82, 2.24) is 0 Å². The molecule has 0 rings (SSSR count). The number of esters is 2. The smallest absolute Gasteiger partial charge is 0.310 e. The van der Waals surface area contributed by atoms with Gasteiger partial charge in [-0.05, 0) is 25.7 Å². The summed E-state index contributed by atoms with van der Waals surface area (Å²) in [7, 11) is 0. The van der Waals surface area contributed by atoms with Crippen molar-refractivity contribution in [2.45, 2.75) is 156 Å². The third kappa shape index (κ3) is 18.3. The Bertz CT molecular complexity index is 452. The lowest BCUT2D eigenvalue weighted by molar-refractivity contribution is -0.144. The Morgan fingerprint density at radius 1 is 0.406 bits per heavy atom. The molecular formula is C28H52O4. The molecule has 0 aliphatic rings. The molecule has 0 aromatic carbocycles. The minimum Gasteiger partial charge on any atom is -0.427 e. The first-order chi connectivity index (χ1) is 15.6. The van der Waals surface area contributed by atoms with Crippen molar-refractivity contribution >= 4 is 11.9 Å². The third-order valence-corrected chi connectivity index (χ3v) is 5.77. The molecule has 0 amide bonds. The maximum atomic E-state index is 12.5. The number of hydrogen-bond donors (Lipinski definition) is 0. The van der Waals surface area contributed by atoms with Gasteiger partial charge in [-0.3, -0.25) is 9.59 Å². The lowest BCUT2D eigenvalue weighted by Crippen LogP contribution is -2.12. The van der Waals surface area contributed by atoms with E-state index >= 15 is 0 Å². The van der Waals surface area contributed by atoms with E-state index in [0.717, 1.165) is 89.9 Å². The summed E-state index contributed by atoms with van der Waals surface area (Å²) in [6.45, 7) is 8.70. The van der Waals surface area contributed by atoms with Crippen LogP contribution in [0.1, 0.15) is 156 Å². The number of hydrogen-bond acceptors (Lipinski definition) is 4. The van der Waals surface area contributed by atoms with Crippen LogP contribution in [0.2, 0.25) is 0 Å². The molecule has 0 fully saturated rings. The van der Waals surface area contributed by atoms with E-state index in [1.54, 1.807) is 0 Å². The van der Waals surface area contributed by atoms with Crippen LogP contribution in [0, 0.1) is 0 Å². The summed E-state index contributed by atoms with van der Waals surface area (Å²) in [5, 5.41) is 0. The van der Waals surface area contributed by atoms with Crippen LogP contribution in [0.4, 0.5) is 0 Å². The van der Waals surface area contributed by atoms with Crippen molar-refractivity contribution in [3.63, 3.8) is 0 Å². The molecule has 0 heterocycles. The van der Waals surface area contributed by atoms with Crippen molar-refractivity contribution in [3.8, 4) is 0 Å². The molecule has 0 atom stereocenters. The minimum absolute atomic E-state index is 0.184. The summed E-state index contributed by atoms with van der Waals surface area (Å²) in [6, 6.07) is 0. The first-order valence-electron chi connectivity index (χ1n) is 13.7. The van der Waals surface area contributed by atoms with Gasteiger partial charge < -0.3 is 9.47 Å². The maximum absolute atomic E-state index is 12.5. The summed E-state index contributed by atoms with van der Waals surface area (Å²) in [4.78, 5) is 25.0. The van der Waals surface area contributed by atoms with Crippen LogP contribution in [-0.2, 0) is 19.1 Å². The van der Waals surface area contributed by atoms with E-state index in [9.17, 15) is 9.59 Å². The molecule has 0 radical (unpaired) electrons. The number of rotatable bonds is 22. The van der Waals surface area contributed by atoms with Crippen molar-refractivity contribution in [2.24, 2.45) is 0 Å². The van der Waals surface area contributed by atoms with Crippen LogP contribution in [0.3, 0.4) is 0 Å². The summed E-state index contributed by atoms with van der Waals surface area (Å²) in [5.41, 5.74) is 0. The summed E-state index contributed by atoms with van der Waals surface area (Å²) >= 11 is 0. The van der Waals surface area contributed by atoms with E-state index in [1.807, 2.05) is 0 Å². The Morgan fingerprint density at radius 3 is 0.969 bits per heavy atom. The van der Waals surface area contributed by atoms with Crippen LogP contribution in [-0.4, -0.2) is 11.9 Å². The predicted molar refractivity (Wildman–Crippen MR) is 134 cm³/mol. The van der Waals surface area contributed by atoms with Gasteiger partial charge in [0.15, 0.2) is 0 Å². The average Bonchev–Trinajstić information content (AvgIpc) is 2.78. The predicted octanol–water partition coefficient (Wildman–Crippen LogP) is 9.17. The zero-order valence-corrected chi connectivity index (χ0v) is 21.8. The van der Waals surface area contributed by atoms with Crippen molar-refractivity contribution in [1.29, 1.82) is 0 Å². The molecule has 0 spiro atoms. The summed E-state index contributed by atoms with van der Waals surface area (Å²) in [6.07, 6.45) is 19.4. The van der Waals surface area contributed by atoms with E-state index in [1.165, 1.54) is 12.8 Å². The van der Waals surface area contributed by atoms with Crippen molar-refractivity contribution in [2.75, 3.05) is 0 Å². The highest BCUT2D eigenvalue weighted by Gasteiger charge is 2.17. The highest BCUT2D eigenvalue weighted by Crippen LogP contribution is 2.24. The first kappa shape index (κ1) is 30.7. The largest absolute Gasteiger partial charge is 0.427 e. The molecule has 0 unspecified atom stereocenters. The molecule has 0 bridgehead atoms. The van der Waals surface area contributed by atoms with Gasteiger partial charge in [-0.15, -0.1) is 0 Å². The number of allylic oxidation sites excluding steroid dienone is 2. The van der Waals surface area contributed by atoms with Crippen molar-refractivity contribution < 1.29 is 19.1 Å². The maximum Gasteiger partial charge on any atom is 0.310 e. The molecule has 0 saturated heterocycles. The topological polar surface area (TPSA) is 52.6 Å². The molecule has 0 aromatic heterocycles. The molecular weight excluding hydrogens is 400 g/mol. The second-order valence-electron chi connectivity index (χ2n) is 9.04. The SMILES string of the molecule is CCCCCCC(=O)OC(CCCCCC)=C(CCCCCC)OC(=O)CCCCCC. The molecule has 0 aliphatic heterocycles. The highest BCUT2D eigenvalue weighted by atomic mass is 16.6. The monoisotopic (exact) mass is 452 g/mol. The number of unbranched alkanes of at least 4 members (excludes halogenated alkanes) is 12. The molecule has 32 heavy (non-hydrogen) atoms. The van der Waals surface area contributed by atoms with E-state index in [4.69, 9.17) is 9.47 Å². The van der Waals surface area contributed by atoms with Gasteiger partial charge in [0.2, 0.25) is 0 Å². The van der Waals surface area contributed by atoms with E-state index < -0.39 is 0 Å². The third-order valence-electron chi connectivity index (χ3n) is 5.77. The standard InChI is InChI=1S/C28H52O4/c1-5-9-13-17-21-25(31-27(29)23-19-15-11-7-3)26(22-18-14-10-6-2)32-28(30)24-20-16-12-8-4/h5-24H2,1-4H3. The Kier molecular flexibility index (Phi) is 21.9. The van der Waals surface area contributed by atoms with Crippen molar-refractivity contribution in [3.05, 3.63) is 11.5 Å². The van der Waals surface area contributed by atoms with Crippen LogP contribution in [0.15, 0.2) is 11.5 Å². The highest BCUT2D eigenvalue weighted by molar-refractivity contribution is 5.72. The van der Waals surface area contributed by atoms with E-state index in [0.29, 0.717) is 37.2 Å². The first-order valence-corrected chi connectivity index (χ1v) is 13.7. The van der Waals surface area contributed by atoms with E-state index in [2.05, 4.69) is 27.7 Å². The number of carbonyl (C=O) groups excluding carboxylic acids is 2. The fourth-order valence-electron chi connectivity index (χ4n) is 3.69. The van der Waals surface area contributed by atoms with Crippen LogP contribution < -0.4 is 0 Å². The van der Waals surface area contributed by atoms with Gasteiger partial charge in [0.25, 0.3) is 0 Å². The van der Waals surface area contributed by atoms with Crippen LogP contribution >= 0.6 is 0 Å². The fourth-order valence-corrected chi connectivity index (χ4v) is 3.69. The van der Waals surface area contributed by atoms with Gasteiger partial charge in [-0.2, -0.15) is 0 Å². The Balaban J connectivity index is 5.21. The van der Waals surface area contributed by atoms with Crippen LogP contribution in [0.25, 0.3) is 0 Å². The quantitative estimate of drug-likeness (QED) is 0.0933. The summed E-state index contributed by atoms with van der Waals surface area (Å²) in [5.74, 6) is 0.855. The molecule has 0 N–H and O–H groups in total. The van der Waals surface area contributed by atoms with Gasteiger partial charge in [-0.1, -0.05) is 105 Å². The molecule has 4 nitrogen and oxygen atoms in total. The number of carbonyl (C=O) groups is 2. The van der Waals surface area contributed by atoms with Crippen LogP contribution in [0.5, 0.6) is 0 Å². The zero-order chi connectivity index (χ0) is 23.9. The molecule has 0 aliphatic carbocycles. The van der Waals surface area contributed by atoms with E-state index in [-0.39, 0.29) is 11.9 Å². The number of ether oxygens (including phenoxy) is 2. The molecule has 188 valence electrons. The lowest BCUT2D eigenvalue weighted by atomic mass is 10.1. The molecule has 4 heteroatoms. The zero-order valence-electron chi connectivity index (χ0n) is 21.8. The Hall–Kier alpha value is -1.32. The second-order valence-corrected chi connectivity index (χ2v) is 9.04. The van der Waals surface area contributed by atoms with Gasteiger partial charge >= 0.3 is 11.9 Å². The molecule has 0 aromatic rings. The normalized spacial score (nSPS) is 11.9. The summed E-state index contributed by atoms with van der Waals surface area (Å²) < 4.78 is 11.7.